The number of benzene rings is 1. The van der Waals surface area contributed by atoms with Crippen LogP contribution in [0.1, 0.15) is 30.8 Å². The van der Waals surface area contributed by atoms with Crippen molar-refractivity contribution in [1.82, 2.24) is 19.4 Å². The van der Waals surface area contributed by atoms with Gasteiger partial charge in [0.1, 0.15) is 0 Å². The third-order valence-corrected chi connectivity index (χ3v) is 6.91. The van der Waals surface area contributed by atoms with Crippen molar-refractivity contribution in [2.45, 2.75) is 50.3 Å². The second-order valence-corrected chi connectivity index (χ2v) is 9.90. The Morgan fingerprint density at radius 3 is 2.38 bits per heavy atom. The molecule has 0 aliphatic rings. The number of aryl methyl sites for hydroxylation is 1. The molecule has 29 heavy (non-hydrogen) atoms. The quantitative estimate of drug-likeness (QED) is 0.539. The lowest BCUT2D eigenvalue weighted by molar-refractivity contribution is 0.304. The Hall–Kier alpha value is -2.51. The first-order valence-corrected chi connectivity index (χ1v) is 11.3. The van der Waals surface area contributed by atoms with Crippen LogP contribution < -0.4 is 0 Å². The summed E-state index contributed by atoms with van der Waals surface area (Å²) in [5, 5.41) is -0.357. The summed E-state index contributed by atoms with van der Waals surface area (Å²) in [4.78, 5) is 10.8. The lowest BCUT2D eigenvalue weighted by Gasteiger charge is -2.19. The number of hydrogen-bond donors (Lipinski definition) is 0. The third-order valence-electron chi connectivity index (χ3n) is 4.83. The Morgan fingerprint density at radius 1 is 1.00 bits per heavy atom. The minimum Gasteiger partial charge on any atom is -0.317 e. The van der Waals surface area contributed by atoms with E-state index >= 15 is 0 Å². The molecule has 0 amide bonds. The first-order valence-electron chi connectivity index (χ1n) is 9.78. The monoisotopic (exact) mass is 412 g/mol. The topological polar surface area (TPSA) is 68.1 Å². The van der Waals surface area contributed by atoms with E-state index in [-0.39, 0.29) is 5.16 Å². The van der Waals surface area contributed by atoms with Gasteiger partial charge in [-0.3, -0.25) is 9.88 Å². The van der Waals surface area contributed by atoms with Gasteiger partial charge in [-0.2, -0.15) is 0 Å². The Balaban J connectivity index is 1.84. The Kier molecular flexibility index (Phi) is 6.82. The normalized spacial score (nSPS) is 12.0. The lowest BCUT2D eigenvalue weighted by atomic mass is 10.1. The van der Waals surface area contributed by atoms with Crippen molar-refractivity contribution < 1.29 is 8.42 Å². The molecule has 0 aliphatic heterocycles. The lowest BCUT2D eigenvalue weighted by Crippen LogP contribution is -2.24. The fourth-order valence-corrected chi connectivity index (χ4v) is 4.32. The molecule has 0 saturated carbocycles. The number of pyridine rings is 1. The zero-order valence-corrected chi connectivity index (χ0v) is 18.0. The molecule has 0 N–H and O–H groups in total. The van der Waals surface area contributed by atoms with Crippen LogP contribution in [0.15, 0.2) is 66.1 Å². The third kappa shape index (κ3) is 5.31. The highest BCUT2D eigenvalue weighted by Crippen LogP contribution is 2.19. The maximum absolute atomic E-state index is 12.8. The van der Waals surface area contributed by atoms with Gasteiger partial charge >= 0.3 is 0 Å². The summed E-state index contributed by atoms with van der Waals surface area (Å²) in [6.45, 7) is 5.22. The van der Waals surface area contributed by atoms with Gasteiger partial charge < -0.3 is 4.57 Å². The average Bonchev–Trinajstić information content (AvgIpc) is 3.10. The Bertz CT molecular complexity index is 1020. The number of sulfone groups is 1. The van der Waals surface area contributed by atoms with Gasteiger partial charge in [0.25, 0.3) is 0 Å². The highest BCUT2D eigenvalue weighted by Gasteiger charge is 2.26. The molecule has 2 heterocycles. The summed E-state index contributed by atoms with van der Waals surface area (Å²) in [7, 11) is -1.46. The fraction of sp³-hybridized carbons (Fsp3) is 0.364. The molecule has 3 rings (SSSR count). The van der Waals surface area contributed by atoms with Gasteiger partial charge in [-0.05, 0) is 45.0 Å². The Morgan fingerprint density at radius 2 is 1.72 bits per heavy atom. The van der Waals surface area contributed by atoms with Crippen molar-refractivity contribution in [3.8, 4) is 0 Å². The maximum Gasteiger partial charge on any atom is 0.228 e. The molecule has 7 heteroatoms. The minimum atomic E-state index is -3.46. The fourth-order valence-electron chi connectivity index (χ4n) is 3.18. The van der Waals surface area contributed by atoms with Gasteiger partial charge in [-0.25, -0.2) is 13.4 Å². The molecule has 6 nitrogen and oxygen atoms in total. The number of nitrogens with zero attached hydrogens (tertiary/aromatic N) is 4. The van der Waals surface area contributed by atoms with Gasteiger partial charge in [0.2, 0.25) is 15.0 Å². The van der Waals surface area contributed by atoms with Crippen molar-refractivity contribution >= 4 is 9.84 Å². The van der Waals surface area contributed by atoms with Gasteiger partial charge in [-0.15, -0.1) is 0 Å². The van der Waals surface area contributed by atoms with Crippen molar-refractivity contribution in [3.05, 3.63) is 77.9 Å². The van der Waals surface area contributed by atoms with Crippen molar-refractivity contribution in [2.24, 2.45) is 0 Å². The maximum atomic E-state index is 12.8. The molecule has 0 radical (unpaired) electrons. The molecule has 1 aromatic carbocycles. The molecular weight excluding hydrogens is 384 g/mol. The molecule has 0 unspecified atom stereocenters. The van der Waals surface area contributed by atoms with Crippen molar-refractivity contribution in [3.63, 3.8) is 0 Å². The van der Waals surface area contributed by atoms with E-state index in [9.17, 15) is 8.42 Å². The van der Waals surface area contributed by atoms with Crippen LogP contribution in [-0.2, 0) is 35.9 Å². The Labute approximate surface area is 173 Å². The van der Waals surface area contributed by atoms with Gasteiger partial charge in [0, 0.05) is 25.8 Å². The molecule has 0 aliphatic carbocycles. The minimum absolute atomic E-state index is 0.157. The highest BCUT2D eigenvalue weighted by molar-refractivity contribution is 7.91. The number of imidazole rings is 1. The summed E-state index contributed by atoms with van der Waals surface area (Å²) in [6.07, 6.45) is 4.21. The molecule has 154 valence electrons. The zero-order chi connectivity index (χ0) is 20.9. The van der Waals surface area contributed by atoms with Crippen LogP contribution in [0, 0.1) is 0 Å². The molecular formula is C22H28N4O2S. The molecule has 0 saturated heterocycles. The van der Waals surface area contributed by atoms with Crippen LogP contribution in [-0.4, -0.2) is 40.2 Å². The van der Waals surface area contributed by atoms with Crippen LogP contribution in [0.4, 0.5) is 0 Å². The SMILES string of the molecule is CC(C)S(=O)(=O)c1ncc(CN(C)Cc2ccccn2)n1CCc1ccccc1. The highest BCUT2D eigenvalue weighted by atomic mass is 32.2. The summed E-state index contributed by atoms with van der Waals surface area (Å²) < 4.78 is 27.6. The van der Waals surface area contributed by atoms with Crippen LogP contribution >= 0.6 is 0 Å². The number of rotatable bonds is 9. The van der Waals surface area contributed by atoms with Crippen LogP contribution in [0.3, 0.4) is 0 Å². The number of aromatic nitrogens is 3. The zero-order valence-electron chi connectivity index (χ0n) is 17.2. The molecule has 3 aromatic rings. The largest absolute Gasteiger partial charge is 0.317 e. The van der Waals surface area contributed by atoms with E-state index in [2.05, 4.69) is 27.0 Å². The predicted octanol–water partition coefficient (Wildman–Crippen LogP) is 3.33. The van der Waals surface area contributed by atoms with E-state index in [0.717, 1.165) is 17.8 Å². The van der Waals surface area contributed by atoms with E-state index in [1.807, 2.05) is 48.0 Å². The number of hydrogen-bond acceptors (Lipinski definition) is 5. The second-order valence-electron chi connectivity index (χ2n) is 7.51. The molecule has 0 spiro atoms. The second kappa shape index (κ2) is 9.33. The van der Waals surface area contributed by atoms with E-state index in [0.29, 0.717) is 19.6 Å². The molecule has 2 aromatic heterocycles. The standard InChI is InChI=1S/C22H28N4O2S/c1-18(2)29(27,28)22-24-15-21(17-25(3)16-20-11-7-8-13-23-20)26(22)14-12-19-9-5-4-6-10-19/h4-11,13,15,18H,12,14,16-17H2,1-3H3. The van der Waals surface area contributed by atoms with Crippen LogP contribution in [0.5, 0.6) is 0 Å². The first kappa shape index (κ1) is 21.2. The smallest absolute Gasteiger partial charge is 0.228 e. The van der Waals surface area contributed by atoms with Crippen LogP contribution in [0.2, 0.25) is 0 Å². The summed E-state index contributed by atoms with van der Waals surface area (Å²) in [5.74, 6) is 0. The van der Waals surface area contributed by atoms with Crippen molar-refractivity contribution in [2.75, 3.05) is 7.05 Å². The van der Waals surface area contributed by atoms with E-state index in [1.165, 1.54) is 5.56 Å². The molecule has 0 bridgehead atoms. The van der Waals surface area contributed by atoms with E-state index < -0.39 is 15.1 Å². The van der Waals surface area contributed by atoms with Crippen molar-refractivity contribution in [1.29, 1.82) is 0 Å². The molecule has 0 fully saturated rings. The van der Waals surface area contributed by atoms with E-state index in [1.54, 1.807) is 26.2 Å². The average molecular weight is 413 g/mol. The summed E-state index contributed by atoms with van der Waals surface area (Å²) >= 11 is 0. The van der Waals surface area contributed by atoms with Gasteiger partial charge in [-0.1, -0.05) is 36.4 Å². The first-order chi connectivity index (χ1) is 13.9. The summed E-state index contributed by atoms with van der Waals surface area (Å²) in [5.41, 5.74) is 3.03. The molecule has 0 atom stereocenters. The van der Waals surface area contributed by atoms with E-state index in [4.69, 9.17) is 0 Å². The van der Waals surface area contributed by atoms with Crippen LogP contribution in [0.25, 0.3) is 0 Å². The van der Waals surface area contributed by atoms with Gasteiger partial charge in [0.05, 0.1) is 22.8 Å². The summed E-state index contributed by atoms with van der Waals surface area (Å²) in [6, 6.07) is 15.9. The van der Waals surface area contributed by atoms with Gasteiger partial charge in [0.15, 0.2) is 0 Å². The predicted molar refractivity (Wildman–Crippen MR) is 114 cm³/mol.